The maximum atomic E-state index is 13.0. The third-order valence-corrected chi connectivity index (χ3v) is 5.89. The molecule has 1 spiro atoms. The van der Waals surface area contributed by atoms with E-state index < -0.39 is 0 Å². The van der Waals surface area contributed by atoms with Crippen molar-refractivity contribution in [2.75, 3.05) is 0 Å². The number of benzene rings is 2. The van der Waals surface area contributed by atoms with Crippen molar-refractivity contribution < 1.29 is 9.53 Å². The van der Waals surface area contributed by atoms with E-state index in [9.17, 15) is 4.79 Å². The Morgan fingerprint density at radius 2 is 1.85 bits per heavy atom. The minimum Gasteiger partial charge on any atom is -0.487 e. The fraction of sp³-hybridized carbons (Fsp3) is 0.435. The number of carbonyl (C=O) groups excluding carboxylic acids is 1. The zero-order valence-electron chi connectivity index (χ0n) is 15.7. The summed E-state index contributed by atoms with van der Waals surface area (Å²) < 4.78 is 6.47. The van der Waals surface area contributed by atoms with Crippen molar-refractivity contribution >= 4 is 5.91 Å². The van der Waals surface area contributed by atoms with E-state index >= 15 is 0 Å². The quantitative estimate of drug-likeness (QED) is 0.803. The minimum absolute atomic E-state index is 0.00579. The first-order valence-electron chi connectivity index (χ1n) is 9.72. The summed E-state index contributed by atoms with van der Waals surface area (Å²) in [6, 6.07) is 14.2. The van der Waals surface area contributed by atoms with Crippen molar-refractivity contribution in [2.45, 2.75) is 64.0 Å². The Kier molecular flexibility index (Phi) is 4.47. The Morgan fingerprint density at radius 1 is 1.08 bits per heavy atom. The highest BCUT2D eigenvalue weighted by Crippen LogP contribution is 2.46. The normalized spacial score (nSPS) is 20.9. The molecule has 1 amide bonds. The highest BCUT2D eigenvalue weighted by Gasteiger charge is 2.42. The van der Waals surface area contributed by atoms with Crippen molar-refractivity contribution in [2.24, 2.45) is 0 Å². The molecule has 2 aromatic rings. The van der Waals surface area contributed by atoms with Gasteiger partial charge in [0.25, 0.3) is 5.91 Å². The molecule has 1 aliphatic carbocycles. The average Bonchev–Trinajstić information content (AvgIpc) is 2.62. The minimum atomic E-state index is -0.118. The first-order chi connectivity index (χ1) is 12.6. The Hall–Kier alpha value is -2.29. The van der Waals surface area contributed by atoms with Gasteiger partial charge in [0, 0.05) is 17.5 Å². The van der Waals surface area contributed by atoms with Crippen LogP contribution in [0.25, 0.3) is 0 Å². The Labute approximate surface area is 155 Å². The van der Waals surface area contributed by atoms with Crippen LogP contribution in [0.5, 0.6) is 5.75 Å². The summed E-state index contributed by atoms with van der Waals surface area (Å²) in [5, 5.41) is 3.30. The summed E-state index contributed by atoms with van der Waals surface area (Å²) >= 11 is 0. The first kappa shape index (κ1) is 17.1. The van der Waals surface area contributed by atoms with Crippen LogP contribution in [0.3, 0.4) is 0 Å². The maximum Gasteiger partial charge on any atom is 0.252 e. The first-order valence-corrected chi connectivity index (χ1v) is 9.72. The number of ether oxygens (including phenoxy) is 1. The highest BCUT2D eigenvalue weighted by atomic mass is 16.5. The van der Waals surface area contributed by atoms with E-state index in [4.69, 9.17) is 4.74 Å². The van der Waals surface area contributed by atoms with Crippen LogP contribution in [-0.4, -0.2) is 11.5 Å². The van der Waals surface area contributed by atoms with Crippen LogP contribution in [0.4, 0.5) is 0 Å². The fourth-order valence-electron chi connectivity index (χ4n) is 4.55. The van der Waals surface area contributed by atoms with Crippen molar-refractivity contribution in [3.05, 3.63) is 64.7 Å². The monoisotopic (exact) mass is 349 g/mol. The van der Waals surface area contributed by atoms with E-state index in [1.807, 2.05) is 37.3 Å². The molecule has 3 nitrogen and oxygen atoms in total. The second kappa shape index (κ2) is 6.79. The summed E-state index contributed by atoms with van der Waals surface area (Å²) in [6.45, 7) is 4.05. The topological polar surface area (TPSA) is 38.3 Å². The smallest absolute Gasteiger partial charge is 0.252 e. The van der Waals surface area contributed by atoms with Gasteiger partial charge in [-0.2, -0.15) is 0 Å². The molecule has 1 heterocycles. The van der Waals surface area contributed by atoms with Gasteiger partial charge in [0.15, 0.2) is 0 Å². The zero-order chi connectivity index (χ0) is 18.1. The predicted octanol–water partition coefficient (Wildman–Crippen LogP) is 5.26. The molecule has 1 atom stereocenters. The van der Waals surface area contributed by atoms with Gasteiger partial charge in [-0.05, 0) is 57.2 Å². The van der Waals surface area contributed by atoms with E-state index in [1.54, 1.807) is 0 Å². The lowest BCUT2D eigenvalue weighted by atomic mass is 9.77. The lowest BCUT2D eigenvalue weighted by molar-refractivity contribution is -0.00210. The van der Waals surface area contributed by atoms with E-state index in [1.165, 1.54) is 24.8 Å². The number of hydrogen-bond acceptors (Lipinski definition) is 2. The molecule has 1 saturated carbocycles. The zero-order valence-corrected chi connectivity index (χ0v) is 15.7. The molecular weight excluding hydrogens is 322 g/mol. The van der Waals surface area contributed by atoms with Crippen LogP contribution < -0.4 is 10.1 Å². The Balaban J connectivity index is 1.62. The molecule has 26 heavy (non-hydrogen) atoms. The lowest BCUT2D eigenvalue weighted by Crippen LogP contribution is -2.46. The number of fused-ring (bicyclic) bond motifs is 1. The second-order valence-corrected chi connectivity index (χ2v) is 7.93. The Morgan fingerprint density at radius 3 is 2.62 bits per heavy atom. The molecule has 0 saturated heterocycles. The molecule has 1 N–H and O–H groups in total. The number of nitrogens with one attached hydrogen (secondary N) is 1. The van der Waals surface area contributed by atoms with E-state index in [0.29, 0.717) is 0 Å². The van der Waals surface area contributed by atoms with Crippen molar-refractivity contribution in [1.29, 1.82) is 0 Å². The van der Waals surface area contributed by atoms with Crippen LogP contribution in [0, 0.1) is 13.8 Å². The Bertz CT molecular complexity index is 821. The number of para-hydroxylation sites is 1. The van der Waals surface area contributed by atoms with E-state index in [0.717, 1.165) is 41.7 Å². The van der Waals surface area contributed by atoms with Crippen molar-refractivity contribution in [3.63, 3.8) is 0 Å². The van der Waals surface area contributed by atoms with Gasteiger partial charge in [0.2, 0.25) is 0 Å². The van der Waals surface area contributed by atoms with E-state index in [-0.39, 0.29) is 17.6 Å². The molecular formula is C23H27NO2. The van der Waals surface area contributed by atoms with Crippen LogP contribution in [0.2, 0.25) is 0 Å². The van der Waals surface area contributed by atoms with Gasteiger partial charge in [0.1, 0.15) is 11.4 Å². The SMILES string of the molecule is Cc1ccc(C(=O)N[C@@H]2CC3(CCCCC3)Oc3ccccc32)c(C)c1. The third kappa shape index (κ3) is 3.23. The van der Waals surface area contributed by atoms with Gasteiger partial charge in [0.05, 0.1) is 6.04 Å². The van der Waals surface area contributed by atoms with Crippen molar-refractivity contribution in [3.8, 4) is 5.75 Å². The number of rotatable bonds is 2. The summed E-state index contributed by atoms with van der Waals surface area (Å²) in [4.78, 5) is 13.0. The fourth-order valence-corrected chi connectivity index (χ4v) is 4.55. The third-order valence-electron chi connectivity index (χ3n) is 5.89. The number of aryl methyl sites for hydroxylation is 2. The second-order valence-electron chi connectivity index (χ2n) is 7.93. The summed E-state index contributed by atoms with van der Waals surface area (Å²) in [6.07, 6.45) is 6.72. The number of amides is 1. The van der Waals surface area contributed by atoms with Crippen LogP contribution in [0.1, 0.15) is 71.6 Å². The summed E-state index contributed by atoms with van der Waals surface area (Å²) in [7, 11) is 0. The van der Waals surface area contributed by atoms with Crippen LogP contribution in [-0.2, 0) is 0 Å². The van der Waals surface area contributed by atoms with Gasteiger partial charge >= 0.3 is 0 Å². The maximum absolute atomic E-state index is 13.0. The average molecular weight is 349 g/mol. The van der Waals surface area contributed by atoms with Gasteiger partial charge in [-0.3, -0.25) is 4.79 Å². The number of hydrogen-bond donors (Lipinski definition) is 1. The molecule has 4 rings (SSSR count). The number of carbonyl (C=O) groups is 1. The highest BCUT2D eigenvalue weighted by molar-refractivity contribution is 5.96. The van der Waals surface area contributed by atoms with Gasteiger partial charge in [-0.1, -0.05) is 42.3 Å². The largest absolute Gasteiger partial charge is 0.487 e. The molecule has 0 aromatic heterocycles. The van der Waals surface area contributed by atoms with Crippen LogP contribution in [0.15, 0.2) is 42.5 Å². The molecule has 0 unspecified atom stereocenters. The molecule has 2 aromatic carbocycles. The van der Waals surface area contributed by atoms with Gasteiger partial charge in [-0.15, -0.1) is 0 Å². The molecule has 136 valence electrons. The van der Waals surface area contributed by atoms with Gasteiger partial charge in [-0.25, -0.2) is 0 Å². The molecule has 3 heteroatoms. The van der Waals surface area contributed by atoms with Crippen LogP contribution >= 0.6 is 0 Å². The summed E-state index contributed by atoms with van der Waals surface area (Å²) in [5.74, 6) is 0.946. The molecule has 2 aliphatic rings. The van der Waals surface area contributed by atoms with Gasteiger partial charge < -0.3 is 10.1 Å². The summed E-state index contributed by atoms with van der Waals surface area (Å²) in [5.41, 5.74) is 3.94. The molecule has 1 fully saturated rings. The standard InChI is InChI=1S/C23H27NO2/c1-16-10-11-18(17(2)14-16)22(25)24-20-15-23(12-6-3-7-13-23)26-21-9-5-4-8-19(20)21/h4-5,8-11,14,20H,3,6-7,12-13,15H2,1-2H3,(H,24,25)/t20-/m1/s1. The molecule has 0 radical (unpaired) electrons. The van der Waals surface area contributed by atoms with E-state index in [2.05, 4.69) is 24.4 Å². The van der Waals surface area contributed by atoms with Crippen molar-refractivity contribution in [1.82, 2.24) is 5.32 Å². The lowest BCUT2D eigenvalue weighted by Gasteiger charge is -2.44. The molecule has 1 aliphatic heterocycles. The predicted molar refractivity (Wildman–Crippen MR) is 104 cm³/mol. The molecule has 0 bridgehead atoms.